The summed E-state index contributed by atoms with van der Waals surface area (Å²) in [6, 6.07) is 13.8. The van der Waals surface area contributed by atoms with Crippen LogP contribution >= 0.6 is 0 Å². The molecule has 0 aliphatic rings. The zero-order valence-corrected chi connectivity index (χ0v) is 13.4. The van der Waals surface area contributed by atoms with Crippen LogP contribution in [0.4, 0.5) is 4.39 Å². The molecule has 0 unspecified atom stereocenters. The molecule has 0 radical (unpaired) electrons. The first-order valence-corrected chi connectivity index (χ1v) is 7.95. The summed E-state index contributed by atoms with van der Waals surface area (Å²) in [6.07, 6.45) is 2.94. The van der Waals surface area contributed by atoms with Crippen molar-refractivity contribution >= 4 is 0 Å². The van der Waals surface area contributed by atoms with E-state index in [4.69, 9.17) is 4.42 Å². The number of hydrogen-bond donors (Lipinski definition) is 0. The van der Waals surface area contributed by atoms with E-state index in [1.807, 2.05) is 24.3 Å². The van der Waals surface area contributed by atoms with Crippen molar-refractivity contribution in [2.24, 2.45) is 0 Å². The maximum absolute atomic E-state index is 13.1. The van der Waals surface area contributed by atoms with Crippen LogP contribution in [0.3, 0.4) is 0 Å². The Balaban J connectivity index is 1.73. The molecule has 0 saturated heterocycles. The van der Waals surface area contributed by atoms with E-state index in [0.717, 1.165) is 30.4 Å². The van der Waals surface area contributed by atoms with E-state index in [1.54, 1.807) is 12.1 Å². The molecule has 1 aromatic heterocycles. The fourth-order valence-corrected chi connectivity index (χ4v) is 2.21. The Kier molecular flexibility index (Phi) is 5.02. The van der Waals surface area contributed by atoms with Crippen molar-refractivity contribution in [2.45, 2.75) is 26.2 Å². The number of rotatable bonds is 4. The molecule has 24 heavy (non-hydrogen) atoms. The highest BCUT2D eigenvalue weighted by Gasteiger charge is 2.07. The Morgan fingerprint density at radius 3 is 2.54 bits per heavy atom. The van der Waals surface area contributed by atoms with Gasteiger partial charge < -0.3 is 4.42 Å². The monoisotopic (exact) mass is 320 g/mol. The van der Waals surface area contributed by atoms with Crippen LogP contribution in [0.15, 0.2) is 52.9 Å². The van der Waals surface area contributed by atoms with Crippen molar-refractivity contribution < 1.29 is 8.81 Å². The van der Waals surface area contributed by atoms with Crippen molar-refractivity contribution in [3.63, 3.8) is 0 Å². The molecule has 3 aromatic rings. The molecule has 3 rings (SSSR count). The second-order valence-corrected chi connectivity index (χ2v) is 5.44. The van der Waals surface area contributed by atoms with Gasteiger partial charge in [-0.2, -0.15) is 0 Å². The molecule has 0 aliphatic carbocycles. The van der Waals surface area contributed by atoms with Gasteiger partial charge in [-0.1, -0.05) is 31.3 Å². The van der Waals surface area contributed by atoms with Gasteiger partial charge in [0.05, 0.1) is 0 Å². The van der Waals surface area contributed by atoms with Gasteiger partial charge in [0.15, 0.2) is 0 Å². The molecule has 0 fully saturated rings. The van der Waals surface area contributed by atoms with Crippen LogP contribution in [0, 0.1) is 17.7 Å². The van der Waals surface area contributed by atoms with E-state index in [0.29, 0.717) is 17.3 Å². The van der Waals surface area contributed by atoms with Gasteiger partial charge in [-0.15, -0.1) is 10.2 Å². The van der Waals surface area contributed by atoms with E-state index < -0.39 is 0 Å². The number of benzene rings is 2. The molecule has 120 valence electrons. The molecule has 4 heteroatoms. The first-order valence-electron chi connectivity index (χ1n) is 7.95. The maximum Gasteiger partial charge on any atom is 0.247 e. The summed E-state index contributed by atoms with van der Waals surface area (Å²) in [5, 5.41) is 8.13. The van der Waals surface area contributed by atoms with Crippen LogP contribution < -0.4 is 0 Å². The molecule has 0 aliphatic heterocycles. The van der Waals surface area contributed by atoms with Crippen molar-refractivity contribution in [1.82, 2.24) is 10.2 Å². The number of aromatic nitrogens is 2. The Morgan fingerprint density at radius 1 is 1.00 bits per heavy atom. The predicted molar refractivity (Wildman–Crippen MR) is 90.7 cm³/mol. The van der Waals surface area contributed by atoms with Crippen molar-refractivity contribution in [2.75, 3.05) is 0 Å². The first-order chi connectivity index (χ1) is 11.7. The van der Waals surface area contributed by atoms with Gasteiger partial charge in [0.2, 0.25) is 11.8 Å². The lowest BCUT2D eigenvalue weighted by Gasteiger charge is -1.95. The minimum Gasteiger partial charge on any atom is -0.421 e. The molecular formula is C20H17FN2O. The Bertz CT molecular complexity index is 872. The lowest BCUT2D eigenvalue weighted by molar-refractivity contribution is 0.496. The van der Waals surface area contributed by atoms with E-state index in [1.165, 1.54) is 12.1 Å². The fourth-order valence-electron chi connectivity index (χ4n) is 2.21. The molecule has 0 amide bonds. The lowest BCUT2D eigenvalue weighted by Crippen LogP contribution is -1.83. The molecular weight excluding hydrogens is 303 g/mol. The average Bonchev–Trinajstić information content (AvgIpc) is 3.08. The highest BCUT2D eigenvalue weighted by atomic mass is 19.1. The summed E-state index contributed by atoms with van der Waals surface area (Å²) in [7, 11) is 0. The molecule has 1 heterocycles. The number of aryl methyl sites for hydroxylation is 1. The predicted octanol–water partition coefficient (Wildman–Crippen LogP) is 4.62. The molecule has 0 bridgehead atoms. The quantitative estimate of drug-likeness (QED) is 0.659. The van der Waals surface area contributed by atoms with Crippen LogP contribution in [0.2, 0.25) is 0 Å². The zero-order chi connectivity index (χ0) is 16.8. The van der Waals surface area contributed by atoms with Crippen LogP contribution in [0.25, 0.3) is 11.5 Å². The van der Waals surface area contributed by atoms with Crippen LogP contribution in [0.1, 0.15) is 36.8 Å². The third-order valence-electron chi connectivity index (χ3n) is 3.52. The van der Waals surface area contributed by atoms with E-state index >= 15 is 0 Å². The SMILES string of the molecule is CCCCc1nnc(-c2ccc(C#Cc3cccc(F)c3)cc2)o1. The van der Waals surface area contributed by atoms with Crippen molar-refractivity contribution in [1.29, 1.82) is 0 Å². The third kappa shape index (κ3) is 4.08. The van der Waals surface area contributed by atoms with Gasteiger partial charge in [0.1, 0.15) is 5.82 Å². The fraction of sp³-hybridized carbons (Fsp3) is 0.200. The topological polar surface area (TPSA) is 38.9 Å². The number of nitrogens with zero attached hydrogens (tertiary/aromatic N) is 2. The normalized spacial score (nSPS) is 10.2. The van der Waals surface area contributed by atoms with Crippen LogP contribution in [-0.2, 0) is 6.42 Å². The Hall–Kier alpha value is -2.93. The third-order valence-corrected chi connectivity index (χ3v) is 3.52. The summed E-state index contributed by atoms with van der Waals surface area (Å²) in [4.78, 5) is 0. The second-order valence-electron chi connectivity index (χ2n) is 5.44. The summed E-state index contributed by atoms with van der Waals surface area (Å²) in [5.41, 5.74) is 2.35. The van der Waals surface area contributed by atoms with Crippen molar-refractivity contribution in [3.05, 3.63) is 71.4 Å². The van der Waals surface area contributed by atoms with E-state index in [2.05, 4.69) is 29.0 Å². The number of halogens is 1. The first kappa shape index (κ1) is 15.9. The van der Waals surface area contributed by atoms with Gasteiger partial charge in [0, 0.05) is 23.1 Å². The van der Waals surface area contributed by atoms with Gasteiger partial charge in [0.25, 0.3) is 0 Å². The smallest absolute Gasteiger partial charge is 0.247 e. The second kappa shape index (κ2) is 7.56. The van der Waals surface area contributed by atoms with Gasteiger partial charge >= 0.3 is 0 Å². The molecule has 0 spiro atoms. The Morgan fingerprint density at radius 2 is 1.79 bits per heavy atom. The molecule has 0 saturated carbocycles. The number of unbranched alkanes of at least 4 members (excludes halogenated alkanes) is 1. The van der Waals surface area contributed by atoms with E-state index in [9.17, 15) is 4.39 Å². The standard InChI is InChI=1S/C20H17FN2O/c1-2-3-7-19-22-23-20(24-19)17-12-10-15(11-13-17)8-9-16-5-4-6-18(21)14-16/h4-6,10-14H,2-3,7H2,1H3. The summed E-state index contributed by atoms with van der Waals surface area (Å²) in [6.45, 7) is 2.13. The van der Waals surface area contributed by atoms with Gasteiger partial charge in [-0.25, -0.2) is 4.39 Å². The molecule has 0 atom stereocenters. The van der Waals surface area contributed by atoms with Gasteiger partial charge in [-0.3, -0.25) is 0 Å². The molecule has 3 nitrogen and oxygen atoms in total. The minimum absolute atomic E-state index is 0.285. The average molecular weight is 320 g/mol. The largest absolute Gasteiger partial charge is 0.421 e. The zero-order valence-electron chi connectivity index (χ0n) is 13.4. The highest BCUT2D eigenvalue weighted by Crippen LogP contribution is 2.19. The summed E-state index contributed by atoms with van der Waals surface area (Å²) in [5.74, 6) is 6.87. The van der Waals surface area contributed by atoms with Crippen LogP contribution in [0.5, 0.6) is 0 Å². The van der Waals surface area contributed by atoms with Crippen LogP contribution in [-0.4, -0.2) is 10.2 Å². The number of hydrogen-bond acceptors (Lipinski definition) is 3. The Labute approximate surface area is 140 Å². The van der Waals surface area contributed by atoms with E-state index in [-0.39, 0.29) is 5.82 Å². The summed E-state index contributed by atoms with van der Waals surface area (Å²) < 4.78 is 18.8. The van der Waals surface area contributed by atoms with Crippen molar-refractivity contribution in [3.8, 4) is 23.3 Å². The lowest BCUT2D eigenvalue weighted by atomic mass is 10.1. The molecule has 0 N–H and O–H groups in total. The summed E-state index contributed by atoms with van der Waals surface area (Å²) >= 11 is 0. The molecule has 2 aromatic carbocycles. The maximum atomic E-state index is 13.1. The minimum atomic E-state index is -0.285. The highest BCUT2D eigenvalue weighted by molar-refractivity contribution is 5.55. The van der Waals surface area contributed by atoms with Gasteiger partial charge in [-0.05, 0) is 48.9 Å².